The van der Waals surface area contributed by atoms with Crippen LogP contribution < -0.4 is 10.1 Å². The molecule has 0 spiro atoms. The van der Waals surface area contributed by atoms with Crippen LogP contribution in [0.1, 0.15) is 76.8 Å². The number of pyridine rings is 1. The van der Waals surface area contributed by atoms with Crippen LogP contribution in [0.25, 0.3) is 0 Å². The Labute approximate surface area is 316 Å². The van der Waals surface area contributed by atoms with Crippen molar-refractivity contribution in [1.82, 2.24) is 20.1 Å². The summed E-state index contributed by atoms with van der Waals surface area (Å²) in [6.45, 7) is 15.5. The number of aliphatic imine (C=N–C) groups is 1. The maximum absolute atomic E-state index is 15.2. The van der Waals surface area contributed by atoms with E-state index in [4.69, 9.17) is 47.4 Å². The fraction of sp³-hybridized carbons (Fsp3) is 0.500. The molecule has 3 aromatic rings. The van der Waals surface area contributed by atoms with Crippen LogP contribution in [0.15, 0.2) is 65.8 Å². The highest BCUT2D eigenvalue weighted by Crippen LogP contribution is 2.54. The number of carbonyl (C=O) groups is 2. The number of halogens is 2. The quantitative estimate of drug-likeness (QED) is 0.259. The van der Waals surface area contributed by atoms with Gasteiger partial charge < -0.3 is 24.4 Å². The summed E-state index contributed by atoms with van der Waals surface area (Å²) in [5, 5.41) is 4.22. The average Bonchev–Trinajstić information content (AvgIpc) is 3.38. The zero-order valence-corrected chi connectivity index (χ0v) is 32.4. The molecule has 3 aliphatic heterocycles. The molecule has 1 N–H and O–H groups in total. The summed E-state index contributed by atoms with van der Waals surface area (Å²) in [6.07, 6.45) is 2.68. The van der Waals surface area contributed by atoms with Gasteiger partial charge in [-0.1, -0.05) is 68.2 Å². The minimum atomic E-state index is -1.06. The van der Waals surface area contributed by atoms with Crippen molar-refractivity contribution in [3.8, 4) is 5.75 Å². The monoisotopic (exact) mass is 749 g/mol. The van der Waals surface area contributed by atoms with Crippen LogP contribution in [0.3, 0.4) is 0 Å². The van der Waals surface area contributed by atoms with Gasteiger partial charge >= 0.3 is 6.03 Å². The Morgan fingerprint density at radius 2 is 1.62 bits per heavy atom. The summed E-state index contributed by atoms with van der Waals surface area (Å²) in [4.78, 5) is 42.5. The van der Waals surface area contributed by atoms with Crippen LogP contribution in [-0.4, -0.2) is 84.7 Å². The third-order valence-corrected chi connectivity index (χ3v) is 11.1. The smallest absolute Gasteiger partial charge is 0.326 e. The molecule has 278 valence electrons. The van der Waals surface area contributed by atoms with E-state index in [1.54, 1.807) is 6.20 Å². The van der Waals surface area contributed by atoms with Crippen molar-refractivity contribution >= 4 is 41.0 Å². The molecule has 0 radical (unpaired) electrons. The highest BCUT2D eigenvalue weighted by molar-refractivity contribution is 6.30. The van der Waals surface area contributed by atoms with Gasteiger partial charge in [-0.25, -0.2) is 4.79 Å². The second-order valence-corrected chi connectivity index (χ2v) is 15.9. The lowest BCUT2D eigenvalue weighted by Gasteiger charge is -2.47. The largest absolute Gasteiger partial charge is 0.493 e. The normalized spacial score (nSPS) is 24.1. The van der Waals surface area contributed by atoms with Crippen LogP contribution in [0.5, 0.6) is 5.75 Å². The number of nitrogens with zero attached hydrogens (tertiary/aromatic N) is 4. The molecule has 2 aromatic carbocycles. The number of carbonyl (C=O) groups excluding carboxylic acids is 2. The first-order chi connectivity index (χ1) is 24.8. The molecule has 0 aliphatic carbocycles. The Balaban J connectivity index is 1.41. The molecular formula is C40H49Cl2N5O5. The van der Waals surface area contributed by atoms with E-state index in [2.05, 4.69) is 26.1 Å². The Kier molecular flexibility index (Phi) is 11.2. The Morgan fingerprint density at radius 3 is 2.19 bits per heavy atom. The first-order valence-corrected chi connectivity index (χ1v) is 18.8. The maximum atomic E-state index is 15.2. The molecule has 1 unspecified atom stereocenters. The van der Waals surface area contributed by atoms with E-state index in [0.29, 0.717) is 86.1 Å². The van der Waals surface area contributed by atoms with Crippen molar-refractivity contribution in [2.45, 2.75) is 77.0 Å². The summed E-state index contributed by atoms with van der Waals surface area (Å²) in [6, 6.07) is 16.9. The van der Waals surface area contributed by atoms with Crippen molar-refractivity contribution in [2.24, 2.45) is 10.9 Å². The molecule has 3 aliphatic rings. The second-order valence-electron chi connectivity index (χ2n) is 15.0. The molecule has 3 amide bonds. The van der Waals surface area contributed by atoms with Crippen LogP contribution in [-0.2, 0) is 30.8 Å². The number of urea groups is 1. The zero-order valence-electron chi connectivity index (χ0n) is 30.9. The molecule has 2 saturated heterocycles. The van der Waals surface area contributed by atoms with Crippen molar-refractivity contribution in [3.05, 3.63) is 93.2 Å². The number of aromatic nitrogens is 1. The number of amides is 3. The molecule has 0 bridgehead atoms. The number of ether oxygens (including phenoxy) is 3. The zero-order chi connectivity index (χ0) is 37.3. The first kappa shape index (κ1) is 38.0. The number of rotatable bonds is 8. The number of amidine groups is 1. The fourth-order valence-electron chi connectivity index (χ4n) is 7.34. The van der Waals surface area contributed by atoms with Gasteiger partial charge in [-0.15, -0.1) is 0 Å². The average molecular weight is 751 g/mol. The van der Waals surface area contributed by atoms with Gasteiger partial charge in [-0.3, -0.25) is 19.7 Å². The number of benzene rings is 2. The minimum absolute atomic E-state index is 0.0302. The third-order valence-electron chi connectivity index (χ3n) is 10.6. The van der Waals surface area contributed by atoms with Crippen LogP contribution in [0.4, 0.5) is 4.79 Å². The summed E-state index contributed by atoms with van der Waals surface area (Å²) >= 11 is 12.8. The third kappa shape index (κ3) is 7.40. The van der Waals surface area contributed by atoms with E-state index in [1.807, 2.05) is 85.2 Å². The topological polar surface area (TPSA) is 106 Å². The first-order valence-electron chi connectivity index (χ1n) is 18.1. The van der Waals surface area contributed by atoms with Crippen molar-refractivity contribution in [2.75, 3.05) is 46.1 Å². The molecule has 0 saturated carbocycles. The van der Waals surface area contributed by atoms with Crippen LogP contribution in [0, 0.1) is 5.92 Å². The van der Waals surface area contributed by atoms with E-state index in [1.165, 1.54) is 0 Å². The number of likely N-dealkylation sites (tertiary alicyclic amines) is 1. The number of nitrogens with one attached hydrogen (secondary N) is 1. The van der Waals surface area contributed by atoms with E-state index < -0.39 is 11.1 Å². The summed E-state index contributed by atoms with van der Waals surface area (Å²) in [5.74, 6) is 0.796. The molecule has 12 heteroatoms. The fourth-order valence-corrected chi connectivity index (χ4v) is 7.60. The minimum Gasteiger partial charge on any atom is -0.493 e. The van der Waals surface area contributed by atoms with Gasteiger partial charge in [-0.05, 0) is 69.0 Å². The molecule has 4 heterocycles. The van der Waals surface area contributed by atoms with Gasteiger partial charge in [0.15, 0.2) is 0 Å². The number of hydrogen-bond acceptors (Lipinski definition) is 7. The highest BCUT2D eigenvalue weighted by Gasteiger charge is 2.60. The SMILES string of the molecule is CCOc1cc(C(C)(C)C)ncc1C1=N[C@@](C)(c2ccc(Cl)cc2)[C@@](C)(c2ccc(Cl)cc2)N1C(=O)N1CCC(C(=O)NCC2COCCO2)CC1. The summed E-state index contributed by atoms with van der Waals surface area (Å²) in [5.41, 5.74) is 0.917. The molecule has 1 aromatic heterocycles. The Bertz CT molecular complexity index is 1780. The van der Waals surface area contributed by atoms with Crippen LogP contribution >= 0.6 is 23.2 Å². The predicted molar refractivity (Wildman–Crippen MR) is 203 cm³/mol. The molecule has 2 fully saturated rings. The molecule has 6 rings (SSSR count). The Morgan fingerprint density at radius 1 is 0.981 bits per heavy atom. The van der Waals surface area contributed by atoms with Crippen LogP contribution in [0.2, 0.25) is 10.0 Å². The lowest BCUT2D eigenvalue weighted by molar-refractivity contribution is -0.129. The number of hydrogen-bond donors (Lipinski definition) is 1. The molecule has 10 nitrogen and oxygen atoms in total. The summed E-state index contributed by atoms with van der Waals surface area (Å²) in [7, 11) is 0. The van der Waals surface area contributed by atoms with E-state index >= 15 is 4.79 Å². The van der Waals surface area contributed by atoms with Gasteiger partial charge in [-0.2, -0.15) is 0 Å². The van der Waals surface area contributed by atoms with Crippen molar-refractivity contribution in [1.29, 1.82) is 0 Å². The second kappa shape index (κ2) is 15.3. The van der Waals surface area contributed by atoms with Gasteiger partial charge in [0.1, 0.15) is 22.7 Å². The highest BCUT2D eigenvalue weighted by atomic mass is 35.5. The van der Waals surface area contributed by atoms with E-state index in [0.717, 1.165) is 16.8 Å². The van der Waals surface area contributed by atoms with Gasteiger partial charge in [0.25, 0.3) is 0 Å². The molecule has 3 atom stereocenters. The molecule has 52 heavy (non-hydrogen) atoms. The van der Waals surface area contributed by atoms with Gasteiger partial charge in [0, 0.05) is 59.0 Å². The van der Waals surface area contributed by atoms with Gasteiger partial charge in [0.05, 0.1) is 38.1 Å². The predicted octanol–water partition coefficient (Wildman–Crippen LogP) is 7.34. The van der Waals surface area contributed by atoms with Gasteiger partial charge in [0.2, 0.25) is 5.91 Å². The molecular weight excluding hydrogens is 701 g/mol. The number of piperidine rings is 1. The maximum Gasteiger partial charge on any atom is 0.326 e. The lowest BCUT2D eigenvalue weighted by Crippen LogP contribution is -2.59. The Hall–Kier alpha value is -3.70. The lowest BCUT2D eigenvalue weighted by atomic mass is 9.71. The van der Waals surface area contributed by atoms with E-state index in [9.17, 15) is 4.79 Å². The van der Waals surface area contributed by atoms with E-state index in [-0.39, 0.29) is 29.4 Å². The standard InChI is InChI=1S/C40H49Cl2N5O5/c1-7-51-33-22-34(38(2,3)4)43-24-32(33)35-45-39(5,27-8-12-29(41)13-9-27)40(6,28-10-14-30(42)15-11-28)47(35)37(49)46-18-16-26(17-19-46)36(48)44-23-31-25-50-20-21-52-31/h8-15,22,24,26,31H,7,16-21,23,25H2,1-6H3,(H,44,48)/t31?,39-,40+/m0/s1. The van der Waals surface area contributed by atoms with Crippen molar-refractivity contribution < 1.29 is 23.8 Å². The van der Waals surface area contributed by atoms with Crippen molar-refractivity contribution in [3.63, 3.8) is 0 Å². The summed E-state index contributed by atoms with van der Waals surface area (Å²) < 4.78 is 17.4.